The number of carbonyl (C=O) groups excluding carboxylic acids is 3. The van der Waals surface area contributed by atoms with E-state index in [1.807, 2.05) is 0 Å². The predicted octanol–water partition coefficient (Wildman–Crippen LogP) is 2.25. The Kier molecular flexibility index (Phi) is 7.53. The van der Waals surface area contributed by atoms with E-state index in [0.29, 0.717) is 17.7 Å². The lowest BCUT2D eigenvalue weighted by Crippen LogP contribution is -2.48. The normalized spacial score (nSPS) is 14.2. The molecule has 4 N–H and O–H groups in total. The second-order valence-corrected chi connectivity index (χ2v) is 6.62. The van der Waals surface area contributed by atoms with Crippen LogP contribution in [0, 0.1) is 5.92 Å². The van der Waals surface area contributed by atoms with Gasteiger partial charge in [-0.1, -0.05) is 26.2 Å². The zero-order valence-electron chi connectivity index (χ0n) is 14.8. The fourth-order valence-electron chi connectivity index (χ4n) is 2.75. The lowest BCUT2D eigenvalue weighted by Gasteiger charge is -2.20. The van der Waals surface area contributed by atoms with E-state index in [1.165, 1.54) is 6.42 Å². The van der Waals surface area contributed by atoms with Gasteiger partial charge < -0.3 is 10.6 Å². The molecule has 2 rings (SSSR count). The quantitative estimate of drug-likeness (QED) is 0.477. The molecule has 1 aromatic rings. The molecule has 26 heavy (non-hydrogen) atoms. The van der Waals surface area contributed by atoms with Crippen molar-refractivity contribution in [2.45, 2.75) is 45.4 Å². The summed E-state index contributed by atoms with van der Waals surface area (Å²) in [7, 11) is 0. The van der Waals surface area contributed by atoms with Gasteiger partial charge in [0, 0.05) is 23.6 Å². The summed E-state index contributed by atoms with van der Waals surface area (Å²) >= 11 is 4.89. The summed E-state index contributed by atoms with van der Waals surface area (Å²) in [6, 6.07) is 6.60. The van der Waals surface area contributed by atoms with E-state index < -0.39 is 5.91 Å². The zero-order valence-corrected chi connectivity index (χ0v) is 15.6. The minimum Gasteiger partial charge on any atom is -0.326 e. The Balaban J connectivity index is 1.82. The number of nitrogens with one attached hydrogen (secondary N) is 4. The lowest BCUT2D eigenvalue weighted by atomic mass is 9.88. The highest BCUT2D eigenvalue weighted by Gasteiger charge is 2.21. The van der Waals surface area contributed by atoms with Gasteiger partial charge in [0.15, 0.2) is 5.11 Å². The van der Waals surface area contributed by atoms with Crippen molar-refractivity contribution in [1.29, 1.82) is 0 Å². The third-order valence-electron chi connectivity index (χ3n) is 4.25. The summed E-state index contributed by atoms with van der Waals surface area (Å²) in [5.41, 5.74) is 5.94. The first-order valence-electron chi connectivity index (χ1n) is 8.80. The highest BCUT2D eigenvalue weighted by molar-refractivity contribution is 7.80. The molecule has 1 aliphatic rings. The Bertz CT molecular complexity index is 670. The molecule has 3 amide bonds. The van der Waals surface area contributed by atoms with Crippen LogP contribution in [0.3, 0.4) is 0 Å². The first kappa shape index (κ1) is 19.8. The van der Waals surface area contributed by atoms with Gasteiger partial charge in [0.05, 0.1) is 0 Å². The van der Waals surface area contributed by atoms with Crippen molar-refractivity contribution in [3.63, 3.8) is 0 Å². The largest absolute Gasteiger partial charge is 0.326 e. The maximum Gasteiger partial charge on any atom is 0.269 e. The number of thiocarbonyl (C=S) groups is 1. The first-order chi connectivity index (χ1) is 12.5. The number of carbonyl (C=O) groups is 3. The number of amides is 3. The molecule has 1 aliphatic carbocycles. The lowest BCUT2D eigenvalue weighted by molar-refractivity contribution is -0.121. The summed E-state index contributed by atoms with van der Waals surface area (Å²) in [5.74, 6) is -0.520. The van der Waals surface area contributed by atoms with Gasteiger partial charge in [-0.15, -0.1) is 0 Å². The van der Waals surface area contributed by atoms with Crippen LogP contribution in [0.2, 0.25) is 0 Å². The van der Waals surface area contributed by atoms with Crippen LogP contribution < -0.4 is 21.5 Å². The number of rotatable bonds is 4. The molecule has 0 spiro atoms. The van der Waals surface area contributed by atoms with E-state index >= 15 is 0 Å². The Labute approximate surface area is 158 Å². The van der Waals surface area contributed by atoms with E-state index in [9.17, 15) is 14.4 Å². The van der Waals surface area contributed by atoms with E-state index in [-0.39, 0.29) is 22.8 Å². The molecule has 1 aromatic carbocycles. The van der Waals surface area contributed by atoms with Crippen LogP contribution in [0.5, 0.6) is 0 Å². The summed E-state index contributed by atoms with van der Waals surface area (Å²) in [5, 5.41) is 5.35. The van der Waals surface area contributed by atoms with Crippen LogP contribution in [0.4, 0.5) is 5.69 Å². The molecule has 140 valence electrons. The average molecular weight is 376 g/mol. The first-order valence-corrected chi connectivity index (χ1v) is 9.21. The molecular formula is C18H24N4O3S. The van der Waals surface area contributed by atoms with Crippen molar-refractivity contribution in [3.05, 3.63) is 29.8 Å². The molecular weight excluding hydrogens is 352 g/mol. The minimum atomic E-state index is -0.400. The van der Waals surface area contributed by atoms with Gasteiger partial charge in [0.1, 0.15) is 0 Å². The van der Waals surface area contributed by atoms with Gasteiger partial charge in [-0.25, -0.2) is 0 Å². The summed E-state index contributed by atoms with van der Waals surface area (Å²) in [4.78, 5) is 35.5. The number of hydrazine groups is 1. The van der Waals surface area contributed by atoms with Crippen molar-refractivity contribution in [3.8, 4) is 0 Å². The summed E-state index contributed by atoms with van der Waals surface area (Å²) in [6.45, 7) is 1.70. The predicted molar refractivity (Wildman–Crippen MR) is 103 cm³/mol. The van der Waals surface area contributed by atoms with Gasteiger partial charge in [0.25, 0.3) is 5.91 Å². The van der Waals surface area contributed by atoms with Gasteiger partial charge in [-0.2, -0.15) is 0 Å². The fourth-order valence-corrected chi connectivity index (χ4v) is 2.91. The molecule has 0 aliphatic heterocycles. The molecule has 0 radical (unpaired) electrons. The molecule has 0 aromatic heterocycles. The second-order valence-electron chi connectivity index (χ2n) is 6.21. The van der Waals surface area contributed by atoms with E-state index in [4.69, 9.17) is 12.2 Å². The molecule has 0 heterocycles. The zero-order chi connectivity index (χ0) is 18.9. The van der Waals surface area contributed by atoms with Crippen molar-refractivity contribution < 1.29 is 14.4 Å². The molecule has 1 saturated carbocycles. The standard InChI is InChI=1S/C18H24N4O3S/c1-2-15(23)20-18(26)22-21-17(25)13-8-10-14(11-9-13)19-16(24)12-6-4-3-5-7-12/h8-12H,2-7H2,1H3,(H,19,24)(H,21,25)(H2,20,22,23,26). The van der Waals surface area contributed by atoms with Crippen LogP contribution in [-0.2, 0) is 9.59 Å². The molecule has 0 bridgehead atoms. The van der Waals surface area contributed by atoms with Crippen LogP contribution in [0.1, 0.15) is 55.8 Å². The van der Waals surface area contributed by atoms with E-state index in [1.54, 1.807) is 31.2 Å². The molecule has 1 fully saturated rings. The molecule has 0 saturated heterocycles. The van der Waals surface area contributed by atoms with Crippen molar-refractivity contribution >= 4 is 40.7 Å². The fraction of sp³-hybridized carbons (Fsp3) is 0.444. The van der Waals surface area contributed by atoms with Gasteiger partial charge in [0.2, 0.25) is 11.8 Å². The van der Waals surface area contributed by atoms with E-state index in [0.717, 1.165) is 25.7 Å². The number of hydrogen-bond donors (Lipinski definition) is 4. The Morgan fingerprint density at radius 2 is 1.69 bits per heavy atom. The van der Waals surface area contributed by atoms with Crippen LogP contribution in [-0.4, -0.2) is 22.8 Å². The average Bonchev–Trinajstić information content (AvgIpc) is 2.67. The molecule has 7 nitrogen and oxygen atoms in total. The Morgan fingerprint density at radius 1 is 1.04 bits per heavy atom. The smallest absolute Gasteiger partial charge is 0.269 e. The Hall–Kier alpha value is -2.48. The summed E-state index contributed by atoms with van der Waals surface area (Å²) in [6.07, 6.45) is 5.57. The third kappa shape index (κ3) is 6.11. The van der Waals surface area contributed by atoms with Crippen molar-refractivity contribution in [2.24, 2.45) is 5.92 Å². The third-order valence-corrected chi connectivity index (χ3v) is 4.46. The number of benzene rings is 1. The Morgan fingerprint density at radius 3 is 2.31 bits per heavy atom. The van der Waals surface area contributed by atoms with Gasteiger partial charge in [-0.05, 0) is 49.3 Å². The SMILES string of the molecule is CCC(=O)NC(=S)NNC(=O)c1ccc(NC(=O)C2CCCCC2)cc1. The van der Waals surface area contributed by atoms with Crippen molar-refractivity contribution in [2.75, 3.05) is 5.32 Å². The maximum atomic E-state index is 12.2. The maximum absolute atomic E-state index is 12.2. The van der Waals surface area contributed by atoms with Crippen LogP contribution in [0.15, 0.2) is 24.3 Å². The van der Waals surface area contributed by atoms with Gasteiger partial charge >= 0.3 is 0 Å². The minimum absolute atomic E-state index is 0.0292. The molecule has 8 heteroatoms. The molecule has 0 unspecified atom stereocenters. The number of anilines is 1. The van der Waals surface area contributed by atoms with Gasteiger partial charge in [-0.3, -0.25) is 25.2 Å². The molecule has 0 atom stereocenters. The monoisotopic (exact) mass is 376 g/mol. The van der Waals surface area contributed by atoms with Crippen LogP contribution >= 0.6 is 12.2 Å². The van der Waals surface area contributed by atoms with Crippen LogP contribution in [0.25, 0.3) is 0 Å². The van der Waals surface area contributed by atoms with Crippen molar-refractivity contribution in [1.82, 2.24) is 16.2 Å². The topological polar surface area (TPSA) is 99.3 Å². The second kappa shape index (κ2) is 9.86. The highest BCUT2D eigenvalue weighted by atomic mass is 32.1. The van der Waals surface area contributed by atoms with E-state index in [2.05, 4.69) is 21.5 Å². The number of hydrogen-bond acceptors (Lipinski definition) is 4. The highest BCUT2D eigenvalue weighted by Crippen LogP contribution is 2.25. The summed E-state index contributed by atoms with van der Waals surface area (Å²) < 4.78 is 0.